The summed E-state index contributed by atoms with van der Waals surface area (Å²) in [5, 5.41) is 13.0. The number of nitrogens with one attached hydrogen (secondary N) is 1. The first-order valence-electron chi connectivity index (χ1n) is 5.45. The van der Waals surface area contributed by atoms with Crippen LogP contribution in [0.5, 0.6) is 0 Å². The molecule has 0 saturated carbocycles. The summed E-state index contributed by atoms with van der Waals surface area (Å²) in [6.07, 6.45) is 1.24. The number of hydrogen-bond acceptors (Lipinski definition) is 4. The molecular formula is C12H6ClF2N3O3. The fourth-order valence-electron chi connectivity index (χ4n) is 1.53. The second-order valence-electron chi connectivity index (χ2n) is 3.85. The lowest BCUT2D eigenvalue weighted by Gasteiger charge is -2.07. The third kappa shape index (κ3) is 3.29. The molecule has 1 heterocycles. The van der Waals surface area contributed by atoms with Crippen molar-refractivity contribution in [2.45, 2.75) is 0 Å². The quantitative estimate of drug-likeness (QED) is 0.696. The highest BCUT2D eigenvalue weighted by molar-refractivity contribution is 6.31. The van der Waals surface area contributed by atoms with E-state index < -0.39 is 33.8 Å². The van der Waals surface area contributed by atoms with Crippen LogP contribution in [0, 0.1) is 21.7 Å². The molecule has 1 N–H and O–H groups in total. The molecule has 1 aromatic heterocycles. The van der Waals surface area contributed by atoms with Gasteiger partial charge in [-0.3, -0.25) is 19.9 Å². The number of benzene rings is 1. The molecule has 21 heavy (non-hydrogen) atoms. The molecule has 1 aromatic carbocycles. The number of nitro benzene ring substituents is 1. The van der Waals surface area contributed by atoms with Gasteiger partial charge in [0.25, 0.3) is 11.6 Å². The topological polar surface area (TPSA) is 85.1 Å². The molecular weight excluding hydrogens is 308 g/mol. The fourth-order valence-corrected chi connectivity index (χ4v) is 1.69. The molecule has 0 aliphatic heterocycles. The lowest BCUT2D eigenvalue weighted by molar-refractivity contribution is -0.384. The molecule has 0 spiro atoms. The van der Waals surface area contributed by atoms with Crippen molar-refractivity contribution < 1.29 is 18.5 Å². The van der Waals surface area contributed by atoms with E-state index in [1.807, 2.05) is 5.32 Å². The molecule has 2 rings (SSSR count). The van der Waals surface area contributed by atoms with Crippen LogP contribution in [-0.4, -0.2) is 15.8 Å². The predicted octanol–water partition coefficient (Wildman–Crippen LogP) is 3.17. The maximum absolute atomic E-state index is 13.6. The molecule has 9 heteroatoms. The third-order valence-electron chi connectivity index (χ3n) is 2.42. The van der Waals surface area contributed by atoms with Gasteiger partial charge in [0.15, 0.2) is 11.5 Å². The number of rotatable bonds is 3. The zero-order valence-corrected chi connectivity index (χ0v) is 10.9. The van der Waals surface area contributed by atoms with Crippen LogP contribution in [0.3, 0.4) is 0 Å². The number of carbonyl (C=O) groups is 1. The summed E-state index contributed by atoms with van der Waals surface area (Å²) >= 11 is 5.67. The van der Waals surface area contributed by atoms with E-state index in [0.717, 1.165) is 0 Å². The molecule has 0 saturated heterocycles. The van der Waals surface area contributed by atoms with E-state index in [1.165, 1.54) is 18.3 Å². The zero-order chi connectivity index (χ0) is 15.6. The number of aromatic nitrogens is 1. The number of anilines is 1. The van der Waals surface area contributed by atoms with Crippen molar-refractivity contribution in [2.75, 3.05) is 5.32 Å². The van der Waals surface area contributed by atoms with E-state index in [-0.39, 0.29) is 10.7 Å². The Morgan fingerprint density at radius 1 is 1.33 bits per heavy atom. The largest absolute Gasteiger partial charge is 0.312 e. The number of hydrogen-bond donors (Lipinski definition) is 1. The summed E-state index contributed by atoms with van der Waals surface area (Å²) in [4.78, 5) is 25.3. The van der Waals surface area contributed by atoms with E-state index in [0.29, 0.717) is 12.1 Å². The van der Waals surface area contributed by atoms with Crippen molar-refractivity contribution in [2.24, 2.45) is 0 Å². The maximum atomic E-state index is 13.6. The van der Waals surface area contributed by atoms with Gasteiger partial charge in [0.05, 0.1) is 11.0 Å². The van der Waals surface area contributed by atoms with Crippen molar-refractivity contribution in [3.05, 3.63) is 62.9 Å². The number of nitro groups is 1. The number of carbonyl (C=O) groups excluding carboxylic acids is 1. The second kappa shape index (κ2) is 5.80. The zero-order valence-electron chi connectivity index (χ0n) is 10.1. The summed E-state index contributed by atoms with van der Waals surface area (Å²) in [7, 11) is 0. The second-order valence-corrected chi connectivity index (χ2v) is 4.29. The Hall–Kier alpha value is -2.61. The molecule has 2 aromatic rings. The lowest BCUT2D eigenvalue weighted by atomic mass is 10.2. The van der Waals surface area contributed by atoms with Crippen LogP contribution in [-0.2, 0) is 0 Å². The first kappa shape index (κ1) is 14.8. The number of halogens is 3. The summed E-state index contributed by atoms with van der Waals surface area (Å²) in [5.74, 6) is -3.30. The van der Waals surface area contributed by atoms with Crippen LogP contribution in [0.4, 0.5) is 20.2 Å². The van der Waals surface area contributed by atoms with Crippen LogP contribution in [0.1, 0.15) is 10.5 Å². The van der Waals surface area contributed by atoms with Gasteiger partial charge in [0.1, 0.15) is 11.5 Å². The van der Waals surface area contributed by atoms with Gasteiger partial charge in [-0.15, -0.1) is 0 Å². The van der Waals surface area contributed by atoms with Crippen LogP contribution < -0.4 is 5.32 Å². The minimum atomic E-state index is -1.27. The summed E-state index contributed by atoms with van der Waals surface area (Å²) in [5.41, 5.74) is -1.81. The standard InChI is InChI=1S/C12H6ClF2N3O3/c13-6-1-2-16-9(3-6)12(19)17-11-8(15)4-7(14)5-10(11)18(20)21/h1-5H,(H,17,19). The summed E-state index contributed by atoms with van der Waals surface area (Å²) in [6, 6.07) is 3.54. The normalized spacial score (nSPS) is 10.2. The van der Waals surface area contributed by atoms with E-state index in [1.54, 1.807) is 0 Å². The number of amides is 1. The van der Waals surface area contributed by atoms with E-state index in [9.17, 15) is 23.7 Å². The van der Waals surface area contributed by atoms with E-state index in [2.05, 4.69) is 4.98 Å². The van der Waals surface area contributed by atoms with Gasteiger partial charge in [0.2, 0.25) is 0 Å². The highest BCUT2D eigenvalue weighted by Gasteiger charge is 2.23. The van der Waals surface area contributed by atoms with Crippen LogP contribution in [0.15, 0.2) is 30.5 Å². The smallest absolute Gasteiger partial charge is 0.298 e. The third-order valence-corrected chi connectivity index (χ3v) is 2.66. The van der Waals surface area contributed by atoms with Crippen molar-refractivity contribution in [1.82, 2.24) is 4.98 Å². The van der Waals surface area contributed by atoms with Gasteiger partial charge in [-0.05, 0) is 12.1 Å². The van der Waals surface area contributed by atoms with Crippen molar-refractivity contribution >= 4 is 28.9 Å². The molecule has 0 aliphatic carbocycles. The molecule has 0 aliphatic rings. The van der Waals surface area contributed by atoms with Crippen LogP contribution in [0.25, 0.3) is 0 Å². The lowest BCUT2D eigenvalue weighted by Crippen LogP contribution is -2.16. The van der Waals surface area contributed by atoms with Gasteiger partial charge in [0, 0.05) is 17.3 Å². The highest BCUT2D eigenvalue weighted by Crippen LogP contribution is 2.29. The molecule has 1 amide bonds. The Balaban J connectivity index is 2.39. The average Bonchev–Trinajstić information content (AvgIpc) is 2.41. The molecule has 0 unspecified atom stereocenters. The maximum Gasteiger partial charge on any atom is 0.298 e. The predicted molar refractivity (Wildman–Crippen MR) is 70.2 cm³/mol. The number of nitrogens with zero attached hydrogens (tertiary/aromatic N) is 2. The SMILES string of the molecule is O=C(Nc1c(F)cc(F)cc1[N+](=O)[O-])c1cc(Cl)ccn1. The monoisotopic (exact) mass is 313 g/mol. The van der Waals surface area contributed by atoms with Crippen molar-refractivity contribution in [3.8, 4) is 0 Å². The van der Waals surface area contributed by atoms with Crippen molar-refractivity contribution in [1.29, 1.82) is 0 Å². The van der Waals surface area contributed by atoms with Gasteiger partial charge in [-0.2, -0.15) is 0 Å². The van der Waals surface area contributed by atoms with Crippen LogP contribution in [0.2, 0.25) is 5.02 Å². The Kier molecular flexibility index (Phi) is 4.08. The van der Waals surface area contributed by atoms with Gasteiger partial charge in [-0.25, -0.2) is 8.78 Å². The summed E-state index contributed by atoms with van der Waals surface area (Å²) in [6.45, 7) is 0. The molecule has 0 radical (unpaired) electrons. The molecule has 108 valence electrons. The Morgan fingerprint density at radius 2 is 2.05 bits per heavy atom. The minimum Gasteiger partial charge on any atom is -0.312 e. The average molecular weight is 314 g/mol. The van der Waals surface area contributed by atoms with Crippen molar-refractivity contribution in [3.63, 3.8) is 0 Å². The molecule has 0 atom stereocenters. The van der Waals surface area contributed by atoms with Gasteiger partial charge >= 0.3 is 0 Å². The first-order chi connectivity index (χ1) is 9.88. The Bertz CT molecular complexity index is 740. The molecule has 6 nitrogen and oxygen atoms in total. The van der Waals surface area contributed by atoms with Crippen LogP contribution >= 0.6 is 11.6 Å². The fraction of sp³-hybridized carbons (Fsp3) is 0. The van der Waals surface area contributed by atoms with E-state index >= 15 is 0 Å². The Morgan fingerprint density at radius 3 is 2.67 bits per heavy atom. The van der Waals surface area contributed by atoms with E-state index in [4.69, 9.17) is 11.6 Å². The summed E-state index contributed by atoms with van der Waals surface area (Å²) < 4.78 is 26.6. The number of pyridine rings is 1. The molecule has 0 bridgehead atoms. The Labute approximate surface area is 121 Å². The highest BCUT2D eigenvalue weighted by atomic mass is 35.5. The van der Waals surface area contributed by atoms with Gasteiger partial charge < -0.3 is 5.32 Å². The first-order valence-corrected chi connectivity index (χ1v) is 5.82. The molecule has 0 fully saturated rings. The minimum absolute atomic E-state index is 0.166. The van der Waals surface area contributed by atoms with Gasteiger partial charge in [-0.1, -0.05) is 11.6 Å².